The molecule has 0 N–H and O–H groups in total. The SMILES string of the molecule is C=C[C@@H](C)C[P+](c1ccccc1)(c1ccccc1)c1ccccc1.[Br-]. The second-order valence-corrected chi connectivity index (χ2v) is 9.75. The maximum Gasteiger partial charge on any atom is 0.112 e. The second-order valence-electron chi connectivity index (χ2n) is 6.21. The van der Waals surface area contributed by atoms with E-state index in [9.17, 15) is 0 Å². The number of hydrogen-bond donors (Lipinski definition) is 0. The van der Waals surface area contributed by atoms with Gasteiger partial charge in [0.2, 0.25) is 0 Å². The van der Waals surface area contributed by atoms with E-state index in [1.54, 1.807) is 0 Å². The summed E-state index contributed by atoms with van der Waals surface area (Å²) in [4.78, 5) is 0. The topological polar surface area (TPSA) is 0 Å². The minimum Gasteiger partial charge on any atom is -1.00 e. The predicted molar refractivity (Wildman–Crippen MR) is 109 cm³/mol. The first-order valence-electron chi connectivity index (χ1n) is 8.45. The summed E-state index contributed by atoms with van der Waals surface area (Å²) in [5.41, 5.74) is 0. The van der Waals surface area contributed by atoms with E-state index >= 15 is 0 Å². The molecule has 0 spiro atoms. The van der Waals surface area contributed by atoms with Crippen LogP contribution < -0.4 is 32.9 Å². The van der Waals surface area contributed by atoms with Crippen molar-refractivity contribution in [1.29, 1.82) is 0 Å². The van der Waals surface area contributed by atoms with Gasteiger partial charge in [0.15, 0.2) is 0 Å². The minimum absolute atomic E-state index is 0. The predicted octanol–water partition coefficient (Wildman–Crippen LogP) is 1.81. The molecule has 0 unspecified atom stereocenters. The molecule has 3 aromatic carbocycles. The fraction of sp³-hybridized carbons (Fsp3) is 0.130. The Bertz CT molecular complexity index is 672. The van der Waals surface area contributed by atoms with Crippen molar-refractivity contribution in [2.75, 3.05) is 6.16 Å². The molecule has 0 radical (unpaired) electrons. The van der Waals surface area contributed by atoms with Crippen LogP contribution >= 0.6 is 7.26 Å². The third-order valence-electron chi connectivity index (χ3n) is 4.56. The summed E-state index contributed by atoms with van der Waals surface area (Å²) in [6.07, 6.45) is 3.19. The molecule has 3 aromatic rings. The van der Waals surface area contributed by atoms with Crippen LogP contribution in [0.4, 0.5) is 0 Å². The molecule has 0 heterocycles. The molecule has 0 saturated heterocycles. The van der Waals surface area contributed by atoms with Crippen molar-refractivity contribution in [3.8, 4) is 0 Å². The normalized spacial score (nSPS) is 12.0. The van der Waals surface area contributed by atoms with Gasteiger partial charge in [-0.25, -0.2) is 0 Å². The van der Waals surface area contributed by atoms with Gasteiger partial charge in [-0.05, 0) is 36.4 Å². The van der Waals surface area contributed by atoms with E-state index in [0.717, 1.165) is 6.16 Å². The van der Waals surface area contributed by atoms with Crippen LogP contribution in [0, 0.1) is 5.92 Å². The van der Waals surface area contributed by atoms with Crippen molar-refractivity contribution in [2.24, 2.45) is 5.92 Å². The molecular weight excluding hydrogens is 387 g/mol. The van der Waals surface area contributed by atoms with E-state index in [4.69, 9.17) is 0 Å². The third-order valence-corrected chi connectivity index (χ3v) is 9.22. The average molecular weight is 411 g/mol. The first kappa shape index (κ1) is 19.6. The zero-order valence-electron chi connectivity index (χ0n) is 14.6. The quantitative estimate of drug-likeness (QED) is 0.429. The van der Waals surface area contributed by atoms with Crippen LogP contribution in [0.1, 0.15) is 6.92 Å². The summed E-state index contributed by atoms with van der Waals surface area (Å²) in [7, 11) is -1.70. The lowest BCUT2D eigenvalue weighted by atomic mass is 10.2. The molecule has 0 aliphatic rings. The molecule has 0 aliphatic carbocycles. The van der Waals surface area contributed by atoms with Gasteiger partial charge in [-0.3, -0.25) is 0 Å². The molecule has 0 amide bonds. The van der Waals surface area contributed by atoms with Gasteiger partial charge in [0.05, 0.1) is 6.16 Å². The fourth-order valence-electron chi connectivity index (χ4n) is 3.32. The molecule has 0 aromatic heterocycles. The smallest absolute Gasteiger partial charge is 0.112 e. The highest BCUT2D eigenvalue weighted by molar-refractivity contribution is 7.95. The van der Waals surface area contributed by atoms with E-state index in [2.05, 4.69) is 111 Å². The van der Waals surface area contributed by atoms with Gasteiger partial charge >= 0.3 is 0 Å². The Balaban J connectivity index is 0.00000225. The summed E-state index contributed by atoms with van der Waals surface area (Å²) in [6.45, 7) is 6.32. The van der Waals surface area contributed by atoms with Crippen molar-refractivity contribution in [1.82, 2.24) is 0 Å². The summed E-state index contributed by atoms with van der Waals surface area (Å²) in [5.74, 6) is 0.457. The number of rotatable bonds is 6. The highest BCUT2D eigenvalue weighted by atomic mass is 79.9. The van der Waals surface area contributed by atoms with Crippen LogP contribution in [0.5, 0.6) is 0 Å². The largest absolute Gasteiger partial charge is 1.00 e. The maximum absolute atomic E-state index is 4.04. The summed E-state index contributed by atoms with van der Waals surface area (Å²) in [5, 5.41) is 4.32. The lowest BCUT2D eigenvalue weighted by Gasteiger charge is -2.29. The summed E-state index contributed by atoms with van der Waals surface area (Å²) < 4.78 is 0. The Morgan fingerprint density at radius 2 is 1.04 bits per heavy atom. The zero-order chi connectivity index (χ0) is 16.8. The van der Waals surface area contributed by atoms with Crippen LogP contribution in [0.15, 0.2) is 104 Å². The van der Waals surface area contributed by atoms with Crippen molar-refractivity contribution in [3.05, 3.63) is 104 Å². The third kappa shape index (κ3) is 4.11. The molecule has 1 atom stereocenters. The Labute approximate surface area is 162 Å². The van der Waals surface area contributed by atoms with E-state index in [1.807, 2.05) is 0 Å². The number of halogens is 1. The highest BCUT2D eigenvalue weighted by Crippen LogP contribution is 2.56. The van der Waals surface area contributed by atoms with E-state index in [0.29, 0.717) is 5.92 Å². The molecule has 128 valence electrons. The Hall–Kier alpha value is -1.69. The summed E-state index contributed by atoms with van der Waals surface area (Å²) in [6, 6.07) is 33.0. The molecular formula is C23H24BrP. The van der Waals surface area contributed by atoms with Gasteiger partial charge in [-0.15, -0.1) is 6.58 Å². The van der Waals surface area contributed by atoms with Gasteiger partial charge < -0.3 is 17.0 Å². The van der Waals surface area contributed by atoms with Crippen molar-refractivity contribution >= 4 is 23.2 Å². The van der Waals surface area contributed by atoms with Crippen LogP contribution in [0.25, 0.3) is 0 Å². The zero-order valence-corrected chi connectivity index (χ0v) is 17.0. The number of benzene rings is 3. The first-order chi connectivity index (χ1) is 11.8. The van der Waals surface area contributed by atoms with E-state index in [-0.39, 0.29) is 17.0 Å². The highest BCUT2D eigenvalue weighted by Gasteiger charge is 2.45. The van der Waals surface area contributed by atoms with Crippen molar-refractivity contribution < 1.29 is 17.0 Å². The Morgan fingerprint density at radius 1 is 0.720 bits per heavy atom. The van der Waals surface area contributed by atoms with Crippen LogP contribution in [-0.2, 0) is 0 Å². The average Bonchev–Trinajstić information content (AvgIpc) is 2.68. The molecule has 0 saturated carbocycles. The van der Waals surface area contributed by atoms with Crippen molar-refractivity contribution in [3.63, 3.8) is 0 Å². The molecule has 25 heavy (non-hydrogen) atoms. The van der Waals surface area contributed by atoms with E-state index in [1.165, 1.54) is 15.9 Å². The monoisotopic (exact) mass is 410 g/mol. The van der Waals surface area contributed by atoms with Gasteiger partial charge in [-0.2, -0.15) is 0 Å². The van der Waals surface area contributed by atoms with Gasteiger partial charge in [0.1, 0.15) is 23.2 Å². The molecule has 0 fully saturated rings. The van der Waals surface area contributed by atoms with Crippen LogP contribution in [0.3, 0.4) is 0 Å². The minimum atomic E-state index is -1.70. The molecule has 0 nitrogen and oxygen atoms in total. The lowest BCUT2D eigenvalue weighted by molar-refractivity contribution is -0.00000477. The van der Waals surface area contributed by atoms with Crippen LogP contribution in [0.2, 0.25) is 0 Å². The standard InChI is InChI=1S/C23H24P.BrH/c1-3-20(2)19-24(21-13-7-4-8-14-21,22-15-9-5-10-16-22)23-17-11-6-12-18-23;/h3-18,20H,1,19H2,2H3;1H/q+1;/p-1/t20-;/m1./s1. The lowest BCUT2D eigenvalue weighted by Crippen LogP contribution is -3.00. The molecule has 2 heteroatoms. The van der Waals surface area contributed by atoms with Gasteiger partial charge in [-0.1, -0.05) is 67.6 Å². The Morgan fingerprint density at radius 3 is 1.32 bits per heavy atom. The molecule has 0 aliphatic heterocycles. The maximum atomic E-state index is 4.04. The Kier molecular flexibility index (Phi) is 7.17. The number of hydrogen-bond acceptors (Lipinski definition) is 0. The number of allylic oxidation sites excluding steroid dienone is 1. The fourth-order valence-corrected chi connectivity index (χ4v) is 7.90. The molecule has 3 rings (SSSR count). The second kappa shape index (κ2) is 9.13. The molecule has 0 bridgehead atoms. The van der Waals surface area contributed by atoms with Crippen molar-refractivity contribution in [2.45, 2.75) is 6.92 Å². The van der Waals surface area contributed by atoms with Crippen LogP contribution in [-0.4, -0.2) is 6.16 Å². The first-order valence-corrected chi connectivity index (χ1v) is 10.4. The summed E-state index contributed by atoms with van der Waals surface area (Å²) >= 11 is 0. The van der Waals surface area contributed by atoms with Gasteiger partial charge in [0, 0.05) is 5.92 Å². The van der Waals surface area contributed by atoms with Gasteiger partial charge in [0.25, 0.3) is 0 Å². The van der Waals surface area contributed by atoms with E-state index < -0.39 is 7.26 Å².